The molecule has 1 aliphatic rings. The first-order chi connectivity index (χ1) is 15.8. The molecule has 33 heavy (non-hydrogen) atoms. The van der Waals surface area contributed by atoms with E-state index in [-0.39, 0.29) is 22.4 Å². The Bertz CT molecular complexity index is 1410. The maximum atomic E-state index is 5.50. The second-order valence-electron chi connectivity index (χ2n) is 8.51. The molecule has 4 nitrogen and oxygen atoms in total. The number of aromatic nitrogens is 1. The summed E-state index contributed by atoms with van der Waals surface area (Å²) in [6.45, 7) is 1.29. The van der Waals surface area contributed by atoms with E-state index < -0.39 is 0 Å². The normalized spacial score (nSPS) is 15.3. The van der Waals surface area contributed by atoms with Crippen molar-refractivity contribution in [1.82, 2.24) is 4.57 Å². The zero-order valence-electron chi connectivity index (χ0n) is 18.1. The Balaban J connectivity index is 0.00000228. The van der Waals surface area contributed by atoms with Gasteiger partial charge in [0.2, 0.25) is 0 Å². The van der Waals surface area contributed by atoms with Gasteiger partial charge in [-0.15, -0.1) is 28.3 Å². The highest BCUT2D eigenvalue weighted by atomic mass is 79.9. The van der Waals surface area contributed by atoms with E-state index in [1.807, 2.05) is 24.5 Å². The molecular formula is C27H25BrN2O2S. The number of hydrogen-bond donors (Lipinski definition) is 0. The van der Waals surface area contributed by atoms with Crippen molar-refractivity contribution in [2.75, 3.05) is 0 Å². The molecule has 1 fully saturated rings. The molecule has 0 bridgehead atoms. The predicted molar refractivity (Wildman–Crippen MR) is 137 cm³/mol. The summed E-state index contributed by atoms with van der Waals surface area (Å²) < 4.78 is 13.3. The van der Waals surface area contributed by atoms with E-state index in [0.29, 0.717) is 6.54 Å². The van der Waals surface area contributed by atoms with Gasteiger partial charge in [0.1, 0.15) is 12.3 Å². The van der Waals surface area contributed by atoms with E-state index in [2.05, 4.69) is 52.4 Å². The van der Waals surface area contributed by atoms with Crippen LogP contribution in [-0.4, -0.2) is 4.57 Å². The van der Waals surface area contributed by atoms with Crippen LogP contribution in [0.15, 0.2) is 98.7 Å². The molecule has 0 unspecified atom stereocenters. The summed E-state index contributed by atoms with van der Waals surface area (Å²) in [5.41, 5.74) is 3.93. The van der Waals surface area contributed by atoms with Crippen molar-refractivity contribution in [3.63, 3.8) is 0 Å². The Morgan fingerprint density at radius 2 is 1.85 bits per heavy atom. The van der Waals surface area contributed by atoms with Crippen LogP contribution in [0.3, 0.4) is 0 Å². The Hall–Kier alpha value is -2.83. The van der Waals surface area contributed by atoms with Crippen LogP contribution in [0, 0.1) is 0 Å². The summed E-state index contributed by atoms with van der Waals surface area (Å²) in [6.07, 6.45) is 8.83. The lowest BCUT2D eigenvalue weighted by molar-refractivity contribution is 0.284. The first kappa shape index (κ1) is 22.0. The van der Waals surface area contributed by atoms with Gasteiger partial charge in [-0.2, -0.15) is 0 Å². The van der Waals surface area contributed by atoms with Gasteiger partial charge in [0.15, 0.2) is 4.80 Å². The van der Waals surface area contributed by atoms with Gasteiger partial charge in [0.05, 0.1) is 25.3 Å². The lowest BCUT2D eigenvalue weighted by atomic mass is 9.62. The van der Waals surface area contributed by atoms with Crippen LogP contribution >= 0.6 is 28.3 Å². The first-order valence-electron chi connectivity index (χ1n) is 11.0. The average molecular weight is 521 g/mol. The van der Waals surface area contributed by atoms with Crippen LogP contribution < -0.4 is 4.80 Å². The molecule has 3 heterocycles. The van der Waals surface area contributed by atoms with Gasteiger partial charge in [-0.25, -0.2) is 0 Å². The minimum absolute atomic E-state index is 0. The Kier molecular flexibility index (Phi) is 6.13. The van der Waals surface area contributed by atoms with Crippen LogP contribution in [0.5, 0.6) is 0 Å². The van der Waals surface area contributed by atoms with E-state index in [0.717, 1.165) is 35.5 Å². The Labute approximate surface area is 207 Å². The fourth-order valence-corrected chi connectivity index (χ4v) is 5.81. The molecule has 2 aromatic carbocycles. The van der Waals surface area contributed by atoms with Gasteiger partial charge in [-0.05, 0) is 47.4 Å². The summed E-state index contributed by atoms with van der Waals surface area (Å²) >= 11 is 1.72. The highest BCUT2D eigenvalue weighted by Crippen LogP contribution is 2.49. The van der Waals surface area contributed by atoms with E-state index in [9.17, 15) is 0 Å². The zero-order valence-corrected chi connectivity index (χ0v) is 20.7. The predicted octanol–water partition coefficient (Wildman–Crippen LogP) is 7.09. The number of furan rings is 2. The van der Waals surface area contributed by atoms with Crippen LogP contribution in [0.2, 0.25) is 0 Å². The van der Waals surface area contributed by atoms with E-state index in [1.54, 1.807) is 23.9 Å². The summed E-state index contributed by atoms with van der Waals surface area (Å²) in [5, 5.41) is 4.90. The van der Waals surface area contributed by atoms with Crippen molar-refractivity contribution in [2.45, 2.75) is 37.8 Å². The third-order valence-corrected chi connectivity index (χ3v) is 7.57. The Morgan fingerprint density at radius 1 is 0.970 bits per heavy atom. The molecular weight excluding hydrogens is 496 g/mol. The third kappa shape index (κ3) is 4.02. The van der Waals surface area contributed by atoms with Crippen molar-refractivity contribution in [2.24, 2.45) is 4.99 Å². The lowest BCUT2D eigenvalue weighted by Crippen LogP contribution is -2.39. The molecule has 1 saturated carbocycles. The molecule has 168 valence electrons. The second-order valence-corrected chi connectivity index (χ2v) is 9.35. The molecule has 6 rings (SSSR count). The fourth-order valence-electron chi connectivity index (χ4n) is 4.81. The smallest absolute Gasteiger partial charge is 0.185 e. The maximum Gasteiger partial charge on any atom is 0.185 e. The lowest BCUT2D eigenvalue weighted by Gasteiger charge is -2.43. The molecule has 1 aliphatic carbocycles. The average Bonchev–Trinajstić information content (AvgIpc) is 3.56. The second kappa shape index (κ2) is 9.20. The summed E-state index contributed by atoms with van der Waals surface area (Å²) in [5.74, 6) is 0.877. The third-order valence-electron chi connectivity index (χ3n) is 6.67. The molecule has 5 aromatic rings. The minimum Gasteiger partial charge on any atom is -0.472 e. The van der Waals surface area contributed by atoms with Crippen molar-refractivity contribution in [3.8, 4) is 0 Å². The summed E-state index contributed by atoms with van der Waals surface area (Å²) in [6, 6.07) is 21.5. The fraction of sp³-hybridized carbons (Fsp3) is 0.222. The Morgan fingerprint density at radius 3 is 2.58 bits per heavy atom. The number of rotatable bonds is 6. The van der Waals surface area contributed by atoms with Crippen molar-refractivity contribution >= 4 is 39.1 Å². The van der Waals surface area contributed by atoms with Gasteiger partial charge in [0.25, 0.3) is 0 Å². The zero-order chi connectivity index (χ0) is 21.4. The highest BCUT2D eigenvalue weighted by Gasteiger charge is 2.43. The van der Waals surface area contributed by atoms with Crippen LogP contribution in [-0.2, 0) is 18.5 Å². The number of thiazole rings is 1. The van der Waals surface area contributed by atoms with Gasteiger partial charge in [0, 0.05) is 22.1 Å². The molecule has 6 heteroatoms. The largest absolute Gasteiger partial charge is 0.472 e. The summed E-state index contributed by atoms with van der Waals surface area (Å²) in [4.78, 5) is 5.94. The SMILES string of the molecule is Br.c1coc(CN=c2scc(C3(c4ccc5ccccc5c4)CCC3)n2Cc2ccoc2)c1. The van der Waals surface area contributed by atoms with Crippen molar-refractivity contribution < 1.29 is 8.83 Å². The molecule has 0 N–H and O–H groups in total. The van der Waals surface area contributed by atoms with E-state index in [1.165, 1.54) is 28.5 Å². The number of benzene rings is 2. The van der Waals surface area contributed by atoms with E-state index >= 15 is 0 Å². The van der Waals surface area contributed by atoms with Crippen LogP contribution in [0.25, 0.3) is 10.8 Å². The quantitative estimate of drug-likeness (QED) is 0.240. The van der Waals surface area contributed by atoms with E-state index in [4.69, 9.17) is 13.8 Å². The van der Waals surface area contributed by atoms with Gasteiger partial charge >= 0.3 is 0 Å². The van der Waals surface area contributed by atoms with Gasteiger partial charge in [-0.3, -0.25) is 4.99 Å². The van der Waals surface area contributed by atoms with Crippen molar-refractivity contribution in [3.05, 3.63) is 112 Å². The summed E-state index contributed by atoms with van der Waals surface area (Å²) in [7, 11) is 0. The van der Waals surface area contributed by atoms with Crippen LogP contribution in [0.1, 0.15) is 41.8 Å². The number of hydrogen-bond acceptors (Lipinski definition) is 4. The number of nitrogens with zero attached hydrogens (tertiary/aromatic N) is 2. The monoisotopic (exact) mass is 520 g/mol. The van der Waals surface area contributed by atoms with Gasteiger partial charge in [-0.1, -0.05) is 48.9 Å². The van der Waals surface area contributed by atoms with Gasteiger partial charge < -0.3 is 13.4 Å². The highest BCUT2D eigenvalue weighted by molar-refractivity contribution is 8.93. The topological polar surface area (TPSA) is 43.6 Å². The molecule has 0 radical (unpaired) electrons. The number of halogens is 1. The minimum atomic E-state index is 0. The first-order valence-corrected chi connectivity index (χ1v) is 11.9. The van der Waals surface area contributed by atoms with Crippen LogP contribution in [0.4, 0.5) is 0 Å². The maximum absolute atomic E-state index is 5.50. The molecule has 0 spiro atoms. The standard InChI is InChI=1S/C27H24N2O2S.BrH/c1-2-6-22-15-23(9-8-21(22)5-1)27(11-4-12-27)25-19-32-26(28-16-24-7-3-13-31-24)29(25)17-20-10-14-30-18-20;/h1-3,5-10,13-15,18-19H,4,11-12,16-17H2;1H. The molecule has 3 aromatic heterocycles. The molecule has 0 saturated heterocycles. The molecule has 0 aliphatic heterocycles. The molecule has 0 atom stereocenters. The number of fused-ring (bicyclic) bond motifs is 1. The van der Waals surface area contributed by atoms with Crippen molar-refractivity contribution in [1.29, 1.82) is 0 Å². The molecule has 0 amide bonds.